The van der Waals surface area contributed by atoms with Crippen molar-refractivity contribution in [3.63, 3.8) is 0 Å². The molecule has 0 unspecified atom stereocenters. The van der Waals surface area contributed by atoms with E-state index in [4.69, 9.17) is 0 Å². The number of hydrogen-bond acceptors (Lipinski definition) is 5. The van der Waals surface area contributed by atoms with Crippen LogP contribution in [0.1, 0.15) is 19.3 Å². The Kier molecular flexibility index (Phi) is 7.17. The van der Waals surface area contributed by atoms with Crippen LogP contribution in [0.25, 0.3) is 0 Å². The van der Waals surface area contributed by atoms with Crippen LogP contribution < -0.4 is 5.32 Å². The molecule has 1 rings (SSSR count). The van der Waals surface area contributed by atoms with Gasteiger partial charge in [-0.1, -0.05) is 18.2 Å². The molecule has 0 aliphatic carbocycles. The largest absolute Gasteiger partial charge is 0.469 e. The quantitative estimate of drug-likeness (QED) is 0.739. The second-order valence-corrected chi connectivity index (χ2v) is 4.51. The number of esters is 2. The highest BCUT2D eigenvalue weighted by Gasteiger charge is 2.18. The molecule has 0 heterocycles. The number of benzene rings is 1. The monoisotopic (exact) mass is 279 g/mol. The number of carbonyl (C=O) groups is 2. The molecule has 5 nitrogen and oxygen atoms in total. The lowest BCUT2D eigenvalue weighted by Crippen LogP contribution is -2.18. The lowest BCUT2D eigenvalue weighted by Gasteiger charge is -2.15. The number of anilines is 1. The van der Waals surface area contributed by atoms with Crippen molar-refractivity contribution in [2.45, 2.75) is 19.3 Å². The van der Waals surface area contributed by atoms with Crippen molar-refractivity contribution in [3.8, 4) is 0 Å². The van der Waals surface area contributed by atoms with Crippen LogP contribution in [0.4, 0.5) is 5.69 Å². The zero-order valence-electron chi connectivity index (χ0n) is 11.9. The summed E-state index contributed by atoms with van der Waals surface area (Å²) in [4.78, 5) is 22.7. The van der Waals surface area contributed by atoms with E-state index in [0.717, 1.165) is 5.69 Å². The van der Waals surface area contributed by atoms with E-state index >= 15 is 0 Å². The van der Waals surface area contributed by atoms with Crippen molar-refractivity contribution in [2.75, 3.05) is 26.1 Å². The van der Waals surface area contributed by atoms with Gasteiger partial charge in [0, 0.05) is 25.1 Å². The second-order valence-electron chi connectivity index (χ2n) is 4.51. The molecule has 110 valence electrons. The van der Waals surface area contributed by atoms with Crippen molar-refractivity contribution >= 4 is 17.6 Å². The average molecular weight is 279 g/mol. The number of carbonyl (C=O) groups excluding carboxylic acids is 2. The SMILES string of the molecule is COC(=O)CC(CCNc1ccccc1)CC(=O)OC. The van der Waals surface area contributed by atoms with E-state index in [1.165, 1.54) is 14.2 Å². The molecule has 0 spiro atoms. The normalized spacial score (nSPS) is 10.2. The molecule has 1 aromatic carbocycles. The molecular weight excluding hydrogens is 258 g/mol. The zero-order valence-corrected chi connectivity index (χ0v) is 11.9. The number of nitrogens with one attached hydrogen (secondary N) is 1. The minimum atomic E-state index is -0.307. The highest BCUT2D eigenvalue weighted by molar-refractivity contribution is 5.73. The molecule has 0 saturated carbocycles. The summed E-state index contributed by atoms with van der Waals surface area (Å²) in [6, 6.07) is 9.78. The number of methoxy groups -OCH3 is 2. The van der Waals surface area contributed by atoms with Gasteiger partial charge in [0.1, 0.15) is 0 Å². The Balaban J connectivity index is 2.42. The number of rotatable bonds is 8. The van der Waals surface area contributed by atoms with Gasteiger partial charge in [-0.3, -0.25) is 9.59 Å². The molecule has 0 aliphatic rings. The van der Waals surface area contributed by atoms with E-state index in [1.54, 1.807) is 0 Å². The molecule has 0 atom stereocenters. The standard InChI is InChI=1S/C15H21NO4/c1-19-14(17)10-12(11-15(18)20-2)8-9-16-13-6-4-3-5-7-13/h3-7,12,16H,8-11H2,1-2H3. The predicted octanol–water partition coefficient (Wildman–Crippen LogP) is 2.23. The molecule has 1 aromatic rings. The molecule has 0 aliphatic heterocycles. The Bertz CT molecular complexity index is 401. The van der Waals surface area contributed by atoms with E-state index in [0.29, 0.717) is 13.0 Å². The molecule has 0 bridgehead atoms. The van der Waals surface area contributed by atoms with Crippen molar-refractivity contribution < 1.29 is 19.1 Å². The smallest absolute Gasteiger partial charge is 0.305 e. The maximum atomic E-state index is 11.3. The van der Waals surface area contributed by atoms with Gasteiger partial charge < -0.3 is 14.8 Å². The topological polar surface area (TPSA) is 64.6 Å². The summed E-state index contributed by atoms with van der Waals surface area (Å²) in [6.45, 7) is 0.683. The van der Waals surface area contributed by atoms with E-state index in [2.05, 4.69) is 14.8 Å². The van der Waals surface area contributed by atoms with Crippen LogP contribution in [0.5, 0.6) is 0 Å². The first-order valence-electron chi connectivity index (χ1n) is 6.58. The highest BCUT2D eigenvalue weighted by Crippen LogP contribution is 2.16. The van der Waals surface area contributed by atoms with Crippen LogP contribution in [0.3, 0.4) is 0 Å². The second kappa shape index (κ2) is 8.96. The van der Waals surface area contributed by atoms with Crippen LogP contribution in [0.2, 0.25) is 0 Å². The van der Waals surface area contributed by atoms with Gasteiger partial charge >= 0.3 is 11.9 Å². The van der Waals surface area contributed by atoms with Crippen LogP contribution >= 0.6 is 0 Å². The van der Waals surface area contributed by atoms with Gasteiger partial charge in [0.05, 0.1) is 14.2 Å². The van der Waals surface area contributed by atoms with E-state index in [1.807, 2.05) is 30.3 Å². The first kappa shape index (κ1) is 16.0. The van der Waals surface area contributed by atoms with Gasteiger partial charge in [-0.05, 0) is 24.5 Å². The number of hydrogen-bond donors (Lipinski definition) is 1. The summed E-state index contributed by atoms with van der Waals surface area (Å²) in [5, 5.41) is 3.25. The van der Waals surface area contributed by atoms with Crippen molar-refractivity contribution in [1.29, 1.82) is 0 Å². The molecule has 0 saturated heterocycles. The summed E-state index contributed by atoms with van der Waals surface area (Å²) in [5.41, 5.74) is 1.02. The first-order chi connectivity index (χ1) is 9.65. The Morgan fingerprint density at radius 1 is 1.05 bits per heavy atom. The third-order valence-electron chi connectivity index (χ3n) is 3.02. The lowest BCUT2D eigenvalue weighted by atomic mass is 9.97. The third-order valence-corrected chi connectivity index (χ3v) is 3.02. The summed E-state index contributed by atoms with van der Waals surface area (Å²) in [6.07, 6.45) is 1.14. The fourth-order valence-electron chi connectivity index (χ4n) is 1.89. The Hall–Kier alpha value is -2.04. The maximum Gasteiger partial charge on any atom is 0.305 e. The molecule has 0 aromatic heterocycles. The minimum absolute atomic E-state index is 0.0777. The van der Waals surface area contributed by atoms with Gasteiger partial charge in [-0.15, -0.1) is 0 Å². The van der Waals surface area contributed by atoms with Gasteiger partial charge in [-0.25, -0.2) is 0 Å². The van der Waals surface area contributed by atoms with E-state index in [-0.39, 0.29) is 30.7 Å². The van der Waals surface area contributed by atoms with E-state index in [9.17, 15) is 9.59 Å². The Morgan fingerprint density at radius 3 is 2.10 bits per heavy atom. The molecular formula is C15H21NO4. The summed E-state index contributed by atoms with van der Waals surface area (Å²) >= 11 is 0. The van der Waals surface area contributed by atoms with Gasteiger partial charge in [0.15, 0.2) is 0 Å². The average Bonchev–Trinajstić information content (AvgIpc) is 2.47. The molecule has 5 heteroatoms. The van der Waals surface area contributed by atoms with Crippen LogP contribution in [-0.2, 0) is 19.1 Å². The summed E-state index contributed by atoms with van der Waals surface area (Å²) < 4.78 is 9.30. The molecule has 0 amide bonds. The Labute approximate surface area is 119 Å². The molecule has 0 fully saturated rings. The molecule has 0 radical (unpaired) electrons. The van der Waals surface area contributed by atoms with Crippen molar-refractivity contribution in [1.82, 2.24) is 0 Å². The van der Waals surface area contributed by atoms with Crippen molar-refractivity contribution in [3.05, 3.63) is 30.3 Å². The highest BCUT2D eigenvalue weighted by atomic mass is 16.5. The maximum absolute atomic E-state index is 11.3. The van der Waals surface area contributed by atoms with Gasteiger partial charge in [-0.2, -0.15) is 0 Å². The molecule has 1 N–H and O–H groups in total. The fraction of sp³-hybridized carbons (Fsp3) is 0.467. The molecule has 20 heavy (non-hydrogen) atoms. The third kappa shape index (κ3) is 6.22. The summed E-state index contributed by atoms with van der Waals surface area (Å²) in [5.74, 6) is -0.691. The minimum Gasteiger partial charge on any atom is -0.469 e. The van der Waals surface area contributed by atoms with Gasteiger partial charge in [0.25, 0.3) is 0 Å². The van der Waals surface area contributed by atoms with E-state index < -0.39 is 0 Å². The lowest BCUT2D eigenvalue weighted by molar-refractivity contribution is -0.144. The Morgan fingerprint density at radius 2 is 1.60 bits per heavy atom. The first-order valence-corrected chi connectivity index (χ1v) is 6.58. The van der Waals surface area contributed by atoms with Crippen molar-refractivity contribution in [2.24, 2.45) is 5.92 Å². The predicted molar refractivity (Wildman–Crippen MR) is 76.3 cm³/mol. The summed E-state index contributed by atoms with van der Waals surface area (Å²) in [7, 11) is 2.69. The number of ether oxygens (including phenoxy) is 2. The zero-order chi connectivity index (χ0) is 14.8. The van der Waals surface area contributed by atoms with Crippen LogP contribution in [0, 0.1) is 5.92 Å². The van der Waals surface area contributed by atoms with Gasteiger partial charge in [0.2, 0.25) is 0 Å². The number of para-hydroxylation sites is 1. The van der Waals surface area contributed by atoms with Crippen LogP contribution in [0.15, 0.2) is 30.3 Å². The van der Waals surface area contributed by atoms with Crippen LogP contribution in [-0.4, -0.2) is 32.7 Å². The fourth-order valence-corrected chi connectivity index (χ4v) is 1.89.